The summed E-state index contributed by atoms with van der Waals surface area (Å²) in [6.45, 7) is 0.831. The molecule has 1 aliphatic heterocycles. The summed E-state index contributed by atoms with van der Waals surface area (Å²) in [6.07, 6.45) is 0. The molecule has 0 fully saturated rings. The maximum atomic E-state index is 12.2. The lowest BCUT2D eigenvalue weighted by Gasteiger charge is -2.12. The van der Waals surface area contributed by atoms with Crippen LogP contribution in [-0.4, -0.2) is 28.3 Å². The molecule has 1 amide bonds. The smallest absolute Gasteiger partial charge is 0.234 e. The first-order valence-electron chi connectivity index (χ1n) is 7.33. The molecule has 7 heteroatoms. The Hall–Kier alpha value is -1.63. The van der Waals surface area contributed by atoms with E-state index in [0.717, 1.165) is 16.7 Å². The number of carbonyl (C=O) groups excluding carboxylic acids is 1. The van der Waals surface area contributed by atoms with Gasteiger partial charge in [0, 0.05) is 10.8 Å². The Morgan fingerprint density at radius 3 is 2.88 bits per heavy atom. The van der Waals surface area contributed by atoms with Crippen LogP contribution in [0.25, 0.3) is 0 Å². The molecule has 0 saturated heterocycles. The number of rotatable bonds is 5. The van der Waals surface area contributed by atoms with Gasteiger partial charge in [-0.25, -0.2) is 0 Å². The molecule has 0 unspecified atom stereocenters. The second-order valence-electron chi connectivity index (χ2n) is 4.89. The predicted octanol–water partition coefficient (Wildman–Crippen LogP) is 4.91. The molecule has 0 atom stereocenters. The maximum absolute atomic E-state index is 12.2. The summed E-state index contributed by atoms with van der Waals surface area (Å²) in [4.78, 5) is 16.5. The second kappa shape index (κ2) is 8.46. The predicted molar refractivity (Wildman–Crippen MR) is 104 cm³/mol. The largest absolute Gasteiger partial charge is 0.455 e. The molecular formula is C17H15ClN2O2S2. The van der Waals surface area contributed by atoms with Crippen LogP contribution in [0, 0.1) is 0 Å². The molecule has 0 radical (unpaired) electrons. The number of thioether (sulfide) groups is 2. The van der Waals surface area contributed by atoms with Gasteiger partial charge in [-0.05, 0) is 30.3 Å². The Morgan fingerprint density at radius 2 is 2.12 bits per heavy atom. The first kappa shape index (κ1) is 17.2. The molecule has 4 nitrogen and oxygen atoms in total. The van der Waals surface area contributed by atoms with Gasteiger partial charge in [0.05, 0.1) is 18.0 Å². The highest BCUT2D eigenvalue weighted by atomic mass is 35.5. The average Bonchev–Trinajstić information content (AvgIpc) is 3.10. The minimum atomic E-state index is -0.115. The summed E-state index contributed by atoms with van der Waals surface area (Å²) in [5.74, 6) is 2.43. The number of hydrogen-bond acceptors (Lipinski definition) is 5. The third kappa shape index (κ3) is 4.93. The zero-order chi connectivity index (χ0) is 16.8. The van der Waals surface area contributed by atoms with Gasteiger partial charge in [-0.1, -0.05) is 53.3 Å². The molecule has 0 aliphatic carbocycles. The Bertz CT molecular complexity index is 754. The van der Waals surface area contributed by atoms with Gasteiger partial charge >= 0.3 is 0 Å². The van der Waals surface area contributed by atoms with Gasteiger partial charge < -0.3 is 10.1 Å². The van der Waals surface area contributed by atoms with Crippen LogP contribution in [0.5, 0.6) is 11.5 Å². The van der Waals surface area contributed by atoms with Crippen LogP contribution in [-0.2, 0) is 4.79 Å². The van der Waals surface area contributed by atoms with E-state index in [1.54, 1.807) is 30.0 Å². The van der Waals surface area contributed by atoms with Crippen LogP contribution >= 0.6 is 35.1 Å². The fourth-order valence-electron chi connectivity index (χ4n) is 2.02. The summed E-state index contributed by atoms with van der Waals surface area (Å²) >= 11 is 9.19. The molecule has 24 heavy (non-hydrogen) atoms. The van der Waals surface area contributed by atoms with E-state index in [2.05, 4.69) is 10.3 Å². The van der Waals surface area contributed by atoms with Crippen molar-refractivity contribution in [3.8, 4) is 11.5 Å². The van der Waals surface area contributed by atoms with Crippen LogP contribution in [0.2, 0.25) is 5.02 Å². The van der Waals surface area contributed by atoms with Crippen molar-refractivity contribution in [2.75, 3.05) is 23.4 Å². The molecule has 2 aromatic rings. The van der Waals surface area contributed by atoms with Crippen molar-refractivity contribution in [1.29, 1.82) is 0 Å². The van der Waals surface area contributed by atoms with E-state index in [1.165, 1.54) is 11.8 Å². The first-order chi connectivity index (χ1) is 11.7. The lowest BCUT2D eigenvalue weighted by Crippen LogP contribution is -2.15. The second-order valence-corrected chi connectivity index (χ2v) is 7.63. The van der Waals surface area contributed by atoms with Crippen LogP contribution in [0.1, 0.15) is 0 Å². The van der Waals surface area contributed by atoms with Crippen molar-refractivity contribution in [2.24, 2.45) is 4.99 Å². The summed E-state index contributed by atoms with van der Waals surface area (Å²) in [6, 6.07) is 14.6. The van der Waals surface area contributed by atoms with Crippen molar-refractivity contribution in [3.05, 3.63) is 53.6 Å². The zero-order valence-corrected chi connectivity index (χ0v) is 15.1. The highest BCUT2D eigenvalue weighted by molar-refractivity contribution is 8.39. The minimum Gasteiger partial charge on any atom is -0.455 e. The molecule has 1 aliphatic rings. The quantitative estimate of drug-likeness (QED) is 0.803. The molecular weight excluding hydrogens is 364 g/mol. The number of hydrogen-bond donors (Lipinski definition) is 1. The highest BCUT2D eigenvalue weighted by Crippen LogP contribution is 2.32. The number of nitrogens with one attached hydrogen (secondary N) is 1. The van der Waals surface area contributed by atoms with E-state index in [9.17, 15) is 4.79 Å². The van der Waals surface area contributed by atoms with E-state index in [1.807, 2.05) is 30.3 Å². The van der Waals surface area contributed by atoms with Crippen molar-refractivity contribution < 1.29 is 9.53 Å². The highest BCUT2D eigenvalue weighted by Gasteiger charge is 2.13. The van der Waals surface area contributed by atoms with Crippen LogP contribution in [0.15, 0.2) is 53.5 Å². The number of amides is 1. The van der Waals surface area contributed by atoms with Gasteiger partial charge in [-0.3, -0.25) is 9.79 Å². The topological polar surface area (TPSA) is 50.7 Å². The van der Waals surface area contributed by atoms with E-state index >= 15 is 0 Å². The molecule has 0 bridgehead atoms. The molecule has 3 rings (SSSR count). The summed E-state index contributed by atoms with van der Waals surface area (Å²) in [7, 11) is 0. The number of halogens is 1. The van der Waals surface area contributed by atoms with Crippen LogP contribution in [0.3, 0.4) is 0 Å². The Kier molecular flexibility index (Phi) is 6.07. The number of anilines is 1. The molecule has 0 saturated carbocycles. The number of benzene rings is 2. The monoisotopic (exact) mass is 378 g/mol. The molecule has 2 aromatic carbocycles. The number of para-hydroxylation sites is 1. The van der Waals surface area contributed by atoms with Gasteiger partial charge in [-0.2, -0.15) is 0 Å². The number of ether oxygens (including phenoxy) is 1. The van der Waals surface area contributed by atoms with Gasteiger partial charge in [0.25, 0.3) is 0 Å². The molecule has 124 valence electrons. The lowest BCUT2D eigenvalue weighted by atomic mass is 10.3. The Balaban J connectivity index is 1.67. The fourth-order valence-corrected chi connectivity index (χ4v) is 4.00. The van der Waals surface area contributed by atoms with Gasteiger partial charge in [0.2, 0.25) is 5.91 Å². The number of nitrogens with zero attached hydrogens (tertiary/aromatic N) is 1. The number of carbonyl (C=O) groups is 1. The zero-order valence-electron chi connectivity index (χ0n) is 12.7. The van der Waals surface area contributed by atoms with Crippen LogP contribution in [0.4, 0.5) is 5.69 Å². The van der Waals surface area contributed by atoms with Crippen molar-refractivity contribution >= 4 is 51.1 Å². The summed E-state index contributed by atoms with van der Waals surface area (Å²) in [5, 5.41) is 3.40. The fraction of sp³-hybridized carbons (Fsp3) is 0.176. The van der Waals surface area contributed by atoms with E-state index in [0.29, 0.717) is 28.0 Å². The standard InChI is InChI=1S/C17H15ClN2O2S2/c18-12-6-7-15(22-13-4-2-1-3-5-13)14(10-12)20-16(21)11-24-17-19-8-9-23-17/h1-7,10H,8-9,11H2,(H,20,21). The van der Waals surface area contributed by atoms with E-state index in [-0.39, 0.29) is 5.91 Å². The third-order valence-electron chi connectivity index (χ3n) is 3.07. The van der Waals surface area contributed by atoms with Crippen molar-refractivity contribution in [2.45, 2.75) is 0 Å². The lowest BCUT2D eigenvalue weighted by molar-refractivity contribution is -0.113. The summed E-state index contributed by atoms with van der Waals surface area (Å²) in [5.41, 5.74) is 0.554. The SMILES string of the molecule is O=C(CSC1=NCCS1)Nc1cc(Cl)ccc1Oc1ccccc1. The average molecular weight is 379 g/mol. The molecule has 1 N–H and O–H groups in total. The normalized spacial score (nSPS) is 13.5. The van der Waals surface area contributed by atoms with Crippen LogP contribution < -0.4 is 10.1 Å². The van der Waals surface area contributed by atoms with Gasteiger partial charge in [0.1, 0.15) is 10.1 Å². The van der Waals surface area contributed by atoms with E-state index in [4.69, 9.17) is 16.3 Å². The van der Waals surface area contributed by atoms with Crippen molar-refractivity contribution in [3.63, 3.8) is 0 Å². The Labute approximate surface area is 154 Å². The molecule has 0 spiro atoms. The third-order valence-corrected chi connectivity index (χ3v) is 5.56. The minimum absolute atomic E-state index is 0.115. The number of aliphatic imine (C=N–C) groups is 1. The van der Waals surface area contributed by atoms with E-state index < -0.39 is 0 Å². The molecule has 0 aromatic heterocycles. The molecule has 1 heterocycles. The summed E-state index contributed by atoms with van der Waals surface area (Å²) < 4.78 is 6.80. The Morgan fingerprint density at radius 1 is 1.29 bits per heavy atom. The first-order valence-corrected chi connectivity index (χ1v) is 9.68. The van der Waals surface area contributed by atoms with Gasteiger partial charge in [-0.15, -0.1) is 0 Å². The van der Waals surface area contributed by atoms with Gasteiger partial charge in [0.15, 0.2) is 5.75 Å². The maximum Gasteiger partial charge on any atom is 0.234 e. The van der Waals surface area contributed by atoms with Crippen molar-refractivity contribution in [1.82, 2.24) is 0 Å².